The van der Waals surface area contributed by atoms with Crippen LogP contribution in [0.4, 0.5) is 4.39 Å². The third-order valence-electron chi connectivity index (χ3n) is 1.28. The van der Waals surface area contributed by atoms with Crippen molar-refractivity contribution in [2.24, 2.45) is 5.16 Å². The molecule has 1 rings (SSSR count). The molecule has 0 saturated heterocycles. The molecule has 0 amide bonds. The van der Waals surface area contributed by atoms with Crippen LogP contribution in [0, 0.1) is 5.82 Å². The van der Waals surface area contributed by atoms with E-state index in [1.54, 1.807) is 18.3 Å². The first-order chi connectivity index (χ1) is 5.83. The molecule has 0 unspecified atom stereocenters. The van der Waals surface area contributed by atoms with E-state index in [0.717, 1.165) is 5.56 Å². The molecule has 0 bridgehead atoms. The van der Waals surface area contributed by atoms with Crippen LogP contribution < -0.4 is 0 Å². The van der Waals surface area contributed by atoms with E-state index in [0.29, 0.717) is 6.61 Å². The van der Waals surface area contributed by atoms with Gasteiger partial charge in [-0.15, -0.1) is 0 Å². The van der Waals surface area contributed by atoms with Gasteiger partial charge < -0.3 is 4.84 Å². The van der Waals surface area contributed by atoms with E-state index in [9.17, 15) is 4.39 Å². The Morgan fingerprint density at radius 3 is 2.67 bits per heavy atom. The average molecular weight is 167 g/mol. The predicted molar refractivity (Wildman–Crippen MR) is 45.6 cm³/mol. The van der Waals surface area contributed by atoms with Crippen molar-refractivity contribution >= 4 is 6.21 Å². The van der Waals surface area contributed by atoms with E-state index < -0.39 is 0 Å². The Kier molecular flexibility index (Phi) is 3.26. The van der Waals surface area contributed by atoms with Crippen molar-refractivity contribution < 1.29 is 9.23 Å². The van der Waals surface area contributed by atoms with Gasteiger partial charge in [0, 0.05) is 0 Å². The summed E-state index contributed by atoms with van der Waals surface area (Å²) < 4.78 is 12.4. The molecule has 0 atom stereocenters. The van der Waals surface area contributed by atoms with E-state index in [2.05, 4.69) is 5.16 Å². The molecule has 1 aromatic rings. The van der Waals surface area contributed by atoms with E-state index in [4.69, 9.17) is 4.84 Å². The molecule has 0 aliphatic rings. The number of nitrogens with zero attached hydrogens (tertiary/aromatic N) is 1. The highest BCUT2D eigenvalue weighted by atomic mass is 19.1. The number of hydrogen-bond acceptors (Lipinski definition) is 2. The zero-order valence-electron chi connectivity index (χ0n) is 6.83. The van der Waals surface area contributed by atoms with Crippen LogP contribution in [0.2, 0.25) is 0 Å². The van der Waals surface area contributed by atoms with E-state index in [-0.39, 0.29) is 5.82 Å². The molecule has 0 spiro atoms. The topological polar surface area (TPSA) is 21.6 Å². The maximum atomic E-state index is 12.4. The maximum Gasteiger partial charge on any atom is 0.123 e. The van der Waals surface area contributed by atoms with Gasteiger partial charge in [0.05, 0.1) is 6.21 Å². The zero-order valence-corrected chi connectivity index (χ0v) is 6.83. The monoisotopic (exact) mass is 167 g/mol. The van der Waals surface area contributed by atoms with Gasteiger partial charge in [0.1, 0.15) is 12.4 Å². The molecule has 12 heavy (non-hydrogen) atoms. The Morgan fingerprint density at radius 2 is 2.08 bits per heavy atom. The molecule has 64 valence electrons. The van der Waals surface area contributed by atoms with E-state index in [1.165, 1.54) is 12.1 Å². The summed E-state index contributed by atoms with van der Waals surface area (Å²) in [6, 6.07) is 6.04. The summed E-state index contributed by atoms with van der Waals surface area (Å²) in [6.45, 7) is 2.39. The van der Waals surface area contributed by atoms with Gasteiger partial charge in [0.2, 0.25) is 0 Å². The zero-order chi connectivity index (χ0) is 8.81. The van der Waals surface area contributed by atoms with Gasteiger partial charge in [-0.3, -0.25) is 0 Å². The minimum absolute atomic E-state index is 0.247. The van der Waals surface area contributed by atoms with Crippen molar-refractivity contribution in [2.45, 2.75) is 6.92 Å². The summed E-state index contributed by atoms with van der Waals surface area (Å²) >= 11 is 0. The van der Waals surface area contributed by atoms with Crippen molar-refractivity contribution in [1.82, 2.24) is 0 Å². The van der Waals surface area contributed by atoms with Gasteiger partial charge >= 0.3 is 0 Å². The fourth-order valence-corrected chi connectivity index (χ4v) is 0.722. The lowest BCUT2D eigenvalue weighted by molar-refractivity contribution is 0.160. The van der Waals surface area contributed by atoms with Gasteiger partial charge in [-0.2, -0.15) is 0 Å². The summed E-state index contributed by atoms with van der Waals surface area (Å²) in [5, 5.41) is 3.64. The molecule has 0 radical (unpaired) electrons. The molecule has 2 nitrogen and oxygen atoms in total. The molecule has 0 aliphatic carbocycles. The molecule has 0 aromatic heterocycles. The van der Waals surface area contributed by atoms with Crippen molar-refractivity contribution in [1.29, 1.82) is 0 Å². The van der Waals surface area contributed by atoms with Crippen LogP contribution in [0.3, 0.4) is 0 Å². The standard InChI is InChI=1S/C9H10FNO/c1-2-12-11-7-8-3-5-9(10)6-4-8/h3-7H,2H2,1H3/b11-7+. The fraction of sp³-hybridized carbons (Fsp3) is 0.222. The normalized spacial score (nSPS) is 10.5. The Balaban J connectivity index is 2.58. The molecule has 0 fully saturated rings. The Hall–Kier alpha value is -1.38. The largest absolute Gasteiger partial charge is 0.396 e. The summed E-state index contributed by atoms with van der Waals surface area (Å²) in [5.74, 6) is -0.247. The first kappa shape index (κ1) is 8.71. The van der Waals surface area contributed by atoms with Crippen LogP contribution >= 0.6 is 0 Å². The van der Waals surface area contributed by atoms with Gasteiger partial charge in [-0.25, -0.2) is 4.39 Å². The van der Waals surface area contributed by atoms with Crippen LogP contribution in [-0.2, 0) is 4.84 Å². The van der Waals surface area contributed by atoms with Gasteiger partial charge in [0.25, 0.3) is 0 Å². The lowest BCUT2D eigenvalue weighted by atomic mass is 10.2. The van der Waals surface area contributed by atoms with Crippen LogP contribution in [0.5, 0.6) is 0 Å². The van der Waals surface area contributed by atoms with Crippen molar-refractivity contribution in [3.8, 4) is 0 Å². The fourth-order valence-electron chi connectivity index (χ4n) is 0.722. The molecular formula is C9H10FNO. The lowest BCUT2D eigenvalue weighted by Gasteiger charge is -1.92. The van der Waals surface area contributed by atoms with Crippen LogP contribution in [0.1, 0.15) is 12.5 Å². The average Bonchev–Trinajstić information content (AvgIpc) is 2.09. The second-order valence-corrected chi connectivity index (χ2v) is 2.20. The number of oxime groups is 1. The van der Waals surface area contributed by atoms with Crippen molar-refractivity contribution in [2.75, 3.05) is 6.61 Å². The molecule has 0 saturated carbocycles. The third kappa shape index (κ3) is 2.70. The summed E-state index contributed by atoms with van der Waals surface area (Å²) in [7, 11) is 0. The molecule has 0 N–H and O–H groups in total. The number of hydrogen-bond donors (Lipinski definition) is 0. The number of benzene rings is 1. The van der Waals surface area contributed by atoms with Gasteiger partial charge in [-0.1, -0.05) is 17.3 Å². The van der Waals surface area contributed by atoms with Crippen LogP contribution in [-0.4, -0.2) is 12.8 Å². The molecule has 3 heteroatoms. The second-order valence-electron chi connectivity index (χ2n) is 2.20. The highest BCUT2D eigenvalue weighted by molar-refractivity contribution is 5.78. The van der Waals surface area contributed by atoms with Gasteiger partial charge in [-0.05, 0) is 24.6 Å². The summed E-state index contributed by atoms with van der Waals surface area (Å²) in [4.78, 5) is 4.74. The highest BCUT2D eigenvalue weighted by Gasteiger charge is 1.88. The number of halogens is 1. The first-order valence-corrected chi connectivity index (χ1v) is 3.74. The lowest BCUT2D eigenvalue weighted by Crippen LogP contribution is -1.84. The predicted octanol–water partition coefficient (Wildman–Crippen LogP) is 2.20. The van der Waals surface area contributed by atoms with Crippen molar-refractivity contribution in [3.63, 3.8) is 0 Å². The Morgan fingerprint density at radius 1 is 1.42 bits per heavy atom. The van der Waals surface area contributed by atoms with E-state index >= 15 is 0 Å². The van der Waals surface area contributed by atoms with Crippen molar-refractivity contribution in [3.05, 3.63) is 35.6 Å². The quantitative estimate of drug-likeness (QED) is 0.499. The molecule has 0 heterocycles. The minimum atomic E-state index is -0.247. The number of rotatable bonds is 3. The van der Waals surface area contributed by atoms with Crippen LogP contribution in [0.15, 0.2) is 29.4 Å². The molecule has 0 aliphatic heterocycles. The summed E-state index contributed by atoms with van der Waals surface area (Å²) in [6.07, 6.45) is 1.54. The second kappa shape index (κ2) is 4.49. The highest BCUT2D eigenvalue weighted by Crippen LogP contribution is 1.99. The Bertz CT molecular complexity index is 256. The van der Waals surface area contributed by atoms with Gasteiger partial charge in [0.15, 0.2) is 0 Å². The smallest absolute Gasteiger partial charge is 0.123 e. The Labute approximate surface area is 70.7 Å². The molecular weight excluding hydrogens is 157 g/mol. The summed E-state index contributed by atoms with van der Waals surface area (Å²) in [5.41, 5.74) is 0.824. The first-order valence-electron chi connectivity index (χ1n) is 3.74. The maximum absolute atomic E-state index is 12.4. The van der Waals surface area contributed by atoms with Crippen LogP contribution in [0.25, 0.3) is 0 Å². The minimum Gasteiger partial charge on any atom is -0.396 e. The van der Waals surface area contributed by atoms with E-state index in [1.807, 2.05) is 6.92 Å². The third-order valence-corrected chi connectivity index (χ3v) is 1.28. The SMILES string of the molecule is CCO/N=C/c1ccc(F)cc1. The molecule has 1 aromatic carbocycles.